The highest BCUT2D eigenvalue weighted by molar-refractivity contribution is 6.31. The van der Waals surface area contributed by atoms with Crippen molar-refractivity contribution in [3.8, 4) is 0 Å². The molecule has 16 heavy (non-hydrogen) atoms. The van der Waals surface area contributed by atoms with Crippen LogP contribution in [-0.2, 0) is 11.3 Å². The Balaban J connectivity index is 2.35. The first-order chi connectivity index (χ1) is 7.58. The van der Waals surface area contributed by atoms with Gasteiger partial charge in [-0.3, -0.25) is 4.79 Å². The largest absolute Gasteiger partial charge is 0.480 e. The van der Waals surface area contributed by atoms with Crippen LogP contribution in [0.15, 0.2) is 30.5 Å². The molecule has 0 amide bonds. The van der Waals surface area contributed by atoms with E-state index >= 15 is 0 Å². The standard InChI is InChI=1S/C11H11ClN2O2/c12-8-1-2-10-7(5-8)3-4-14(10)6-9(13)11(15)16/h1-5,9H,6,13H2,(H,15,16)/t9-/m0/s1. The predicted octanol–water partition coefficient (Wildman–Crippen LogP) is 1.71. The number of hydrogen-bond donors (Lipinski definition) is 2. The molecule has 1 aromatic carbocycles. The maximum absolute atomic E-state index is 10.7. The summed E-state index contributed by atoms with van der Waals surface area (Å²) in [5, 5.41) is 10.4. The molecule has 0 saturated heterocycles. The minimum absolute atomic E-state index is 0.250. The van der Waals surface area contributed by atoms with Crippen LogP contribution in [0.25, 0.3) is 10.9 Å². The van der Waals surface area contributed by atoms with Gasteiger partial charge in [-0.15, -0.1) is 0 Å². The number of nitrogens with two attached hydrogens (primary N) is 1. The molecule has 0 aliphatic carbocycles. The highest BCUT2D eigenvalue weighted by Gasteiger charge is 2.13. The SMILES string of the molecule is N[C@@H](Cn1ccc2cc(Cl)ccc21)C(=O)O. The molecular formula is C11H11ClN2O2. The van der Waals surface area contributed by atoms with Crippen molar-refractivity contribution < 1.29 is 9.90 Å². The quantitative estimate of drug-likeness (QED) is 0.855. The van der Waals surface area contributed by atoms with Gasteiger partial charge in [0.25, 0.3) is 0 Å². The first-order valence-electron chi connectivity index (χ1n) is 4.81. The summed E-state index contributed by atoms with van der Waals surface area (Å²) in [7, 11) is 0. The lowest BCUT2D eigenvalue weighted by atomic mass is 10.2. The molecule has 0 unspecified atom stereocenters. The fourth-order valence-corrected chi connectivity index (χ4v) is 1.80. The van der Waals surface area contributed by atoms with Gasteiger partial charge in [-0.05, 0) is 24.3 Å². The third-order valence-electron chi connectivity index (χ3n) is 2.44. The van der Waals surface area contributed by atoms with Crippen molar-refractivity contribution in [2.75, 3.05) is 0 Å². The van der Waals surface area contributed by atoms with E-state index in [1.165, 1.54) is 0 Å². The van der Waals surface area contributed by atoms with Crippen LogP contribution in [0.2, 0.25) is 5.02 Å². The molecule has 2 rings (SSSR count). The fraction of sp³-hybridized carbons (Fsp3) is 0.182. The fourth-order valence-electron chi connectivity index (χ4n) is 1.62. The van der Waals surface area contributed by atoms with Crippen LogP contribution in [0.5, 0.6) is 0 Å². The van der Waals surface area contributed by atoms with E-state index in [0.717, 1.165) is 10.9 Å². The van der Waals surface area contributed by atoms with Crippen molar-refractivity contribution in [2.45, 2.75) is 12.6 Å². The van der Waals surface area contributed by atoms with Crippen LogP contribution in [0.4, 0.5) is 0 Å². The van der Waals surface area contributed by atoms with Gasteiger partial charge in [0.05, 0.1) is 0 Å². The second-order valence-corrected chi connectivity index (χ2v) is 4.05. The molecule has 84 valence electrons. The molecule has 0 aliphatic rings. The number of halogens is 1. The van der Waals surface area contributed by atoms with Gasteiger partial charge in [-0.1, -0.05) is 11.6 Å². The second kappa shape index (κ2) is 4.15. The zero-order valence-corrected chi connectivity index (χ0v) is 9.19. The van der Waals surface area contributed by atoms with Crippen molar-refractivity contribution in [1.29, 1.82) is 0 Å². The summed E-state index contributed by atoms with van der Waals surface area (Å²) >= 11 is 5.86. The van der Waals surface area contributed by atoms with E-state index in [9.17, 15) is 4.79 Å². The summed E-state index contributed by atoms with van der Waals surface area (Å²) in [6.45, 7) is 0.250. The Morgan fingerprint density at radius 2 is 2.25 bits per heavy atom. The molecule has 0 saturated carbocycles. The zero-order chi connectivity index (χ0) is 11.7. The minimum atomic E-state index is -1.00. The number of hydrogen-bond acceptors (Lipinski definition) is 2. The number of carboxylic acids is 1. The Kier molecular flexibility index (Phi) is 2.85. The average molecular weight is 239 g/mol. The monoisotopic (exact) mass is 238 g/mol. The van der Waals surface area contributed by atoms with E-state index in [2.05, 4.69) is 0 Å². The van der Waals surface area contributed by atoms with Gasteiger partial charge in [-0.2, -0.15) is 0 Å². The highest BCUT2D eigenvalue weighted by Crippen LogP contribution is 2.20. The molecule has 3 N–H and O–H groups in total. The lowest BCUT2D eigenvalue weighted by Crippen LogP contribution is -2.34. The molecule has 2 aromatic rings. The molecule has 1 heterocycles. The van der Waals surface area contributed by atoms with Gasteiger partial charge >= 0.3 is 5.97 Å². The summed E-state index contributed by atoms with van der Waals surface area (Å²) in [6.07, 6.45) is 1.81. The van der Waals surface area contributed by atoms with Crippen LogP contribution in [-0.4, -0.2) is 21.7 Å². The van der Waals surface area contributed by atoms with E-state index in [4.69, 9.17) is 22.4 Å². The lowest BCUT2D eigenvalue weighted by Gasteiger charge is -2.09. The number of carboxylic acid groups (broad SMARTS) is 1. The second-order valence-electron chi connectivity index (χ2n) is 3.62. The predicted molar refractivity (Wildman–Crippen MR) is 62.6 cm³/mol. The molecule has 0 radical (unpaired) electrons. The van der Waals surface area contributed by atoms with E-state index in [0.29, 0.717) is 5.02 Å². The zero-order valence-electron chi connectivity index (χ0n) is 8.43. The van der Waals surface area contributed by atoms with Crippen LogP contribution in [0, 0.1) is 0 Å². The van der Waals surface area contributed by atoms with Crippen LogP contribution in [0.1, 0.15) is 0 Å². The summed E-state index contributed by atoms with van der Waals surface area (Å²) < 4.78 is 1.81. The van der Waals surface area contributed by atoms with Crippen molar-refractivity contribution in [3.63, 3.8) is 0 Å². The Hall–Kier alpha value is -1.52. The van der Waals surface area contributed by atoms with Crippen molar-refractivity contribution in [3.05, 3.63) is 35.5 Å². The number of aromatic nitrogens is 1. The molecule has 0 aliphatic heterocycles. The maximum atomic E-state index is 10.7. The summed E-state index contributed by atoms with van der Waals surface area (Å²) in [4.78, 5) is 10.7. The number of fused-ring (bicyclic) bond motifs is 1. The van der Waals surface area contributed by atoms with E-state index in [-0.39, 0.29) is 6.54 Å². The number of rotatable bonds is 3. The first kappa shape index (κ1) is 11.0. The molecule has 0 bridgehead atoms. The average Bonchev–Trinajstić information content (AvgIpc) is 2.60. The van der Waals surface area contributed by atoms with Gasteiger partial charge in [0.15, 0.2) is 0 Å². The Morgan fingerprint density at radius 3 is 2.94 bits per heavy atom. The topological polar surface area (TPSA) is 68.2 Å². The molecule has 4 nitrogen and oxygen atoms in total. The molecule has 5 heteroatoms. The van der Waals surface area contributed by atoms with Gasteiger partial charge in [-0.25, -0.2) is 0 Å². The van der Waals surface area contributed by atoms with Gasteiger partial charge in [0.1, 0.15) is 6.04 Å². The lowest BCUT2D eigenvalue weighted by molar-refractivity contribution is -0.138. The maximum Gasteiger partial charge on any atom is 0.322 e. The third kappa shape index (κ3) is 2.03. The Bertz CT molecular complexity index is 536. The molecule has 1 aromatic heterocycles. The van der Waals surface area contributed by atoms with E-state index in [1.54, 1.807) is 6.07 Å². The summed E-state index contributed by atoms with van der Waals surface area (Å²) in [6, 6.07) is 6.44. The highest BCUT2D eigenvalue weighted by atomic mass is 35.5. The number of aliphatic carboxylic acids is 1. The Labute approximate surface area is 97.2 Å². The normalized spacial score (nSPS) is 12.9. The van der Waals surface area contributed by atoms with Crippen LogP contribution >= 0.6 is 11.6 Å². The van der Waals surface area contributed by atoms with Crippen molar-refractivity contribution in [1.82, 2.24) is 4.57 Å². The third-order valence-corrected chi connectivity index (χ3v) is 2.68. The summed E-state index contributed by atoms with van der Waals surface area (Å²) in [5.41, 5.74) is 6.41. The number of nitrogens with zero attached hydrogens (tertiary/aromatic N) is 1. The van der Waals surface area contributed by atoms with E-state index < -0.39 is 12.0 Å². The Morgan fingerprint density at radius 1 is 1.50 bits per heavy atom. The smallest absolute Gasteiger partial charge is 0.322 e. The van der Waals surface area contributed by atoms with Crippen LogP contribution in [0.3, 0.4) is 0 Å². The summed E-state index contributed by atoms with van der Waals surface area (Å²) in [5.74, 6) is -1.00. The number of benzene rings is 1. The van der Waals surface area contributed by atoms with Gasteiger partial charge in [0, 0.05) is 28.7 Å². The van der Waals surface area contributed by atoms with Crippen LogP contribution < -0.4 is 5.73 Å². The van der Waals surface area contributed by atoms with Gasteiger partial charge in [0.2, 0.25) is 0 Å². The van der Waals surface area contributed by atoms with Gasteiger partial charge < -0.3 is 15.4 Å². The first-order valence-corrected chi connectivity index (χ1v) is 5.18. The van der Waals surface area contributed by atoms with Crippen molar-refractivity contribution in [2.24, 2.45) is 5.73 Å². The molecule has 0 fully saturated rings. The number of carbonyl (C=O) groups is 1. The molecule has 1 atom stereocenters. The van der Waals surface area contributed by atoms with Crippen molar-refractivity contribution >= 4 is 28.5 Å². The molecule has 0 spiro atoms. The van der Waals surface area contributed by atoms with E-state index in [1.807, 2.05) is 29.0 Å². The minimum Gasteiger partial charge on any atom is -0.480 e. The molecular weight excluding hydrogens is 228 g/mol.